The molecule has 0 saturated heterocycles. The maximum Gasteiger partial charge on any atom is 0.241 e. The lowest BCUT2D eigenvalue weighted by Crippen LogP contribution is -2.50. The third-order valence-electron chi connectivity index (χ3n) is 6.36. The van der Waals surface area contributed by atoms with Crippen molar-refractivity contribution in [1.29, 1.82) is 0 Å². The summed E-state index contributed by atoms with van der Waals surface area (Å²) in [6.45, 7) is 6.37. The van der Waals surface area contributed by atoms with E-state index >= 15 is 0 Å². The quantitative estimate of drug-likeness (QED) is 0.787. The Kier molecular flexibility index (Phi) is 3.23. The standard InChI is InChI=1S/C21H27NO/c1-20(2,3)22-12-11-21(19(22)23,17-7-5-4-6-8-17)18-14-15-9-10-16(18)13-15/h4-8,11-12,15-16,18H,9-10,13-14H2,1-3H3/t15-,16+,18?,21?/m1/s1. The van der Waals surface area contributed by atoms with Gasteiger partial charge in [0.25, 0.3) is 0 Å². The van der Waals surface area contributed by atoms with Crippen molar-refractivity contribution < 1.29 is 4.79 Å². The first-order valence-corrected chi connectivity index (χ1v) is 9.01. The Morgan fingerprint density at radius 1 is 1.09 bits per heavy atom. The average Bonchev–Trinajstić information content (AvgIpc) is 3.21. The SMILES string of the molecule is CC(C)(C)N1C=CC(c2ccccc2)(C2C[C@@H]3CC[C@H]2C3)C1=O. The van der Waals surface area contributed by atoms with Crippen molar-refractivity contribution in [2.45, 2.75) is 57.4 Å². The summed E-state index contributed by atoms with van der Waals surface area (Å²) in [5, 5.41) is 0. The number of benzene rings is 1. The molecule has 2 saturated carbocycles. The molecule has 2 fully saturated rings. The summed E-state index contributed by atoms with van der Waals surface area (Å²) < 4.78 is 0. The van der Waals surface area contributed by atoms with Crippen molar-refractivity contribution in [2.24, 2.45) is 17.8 Å². The molecule has 1 aromatic carbocycles. The lowest BCUT2D eigenvalue weighted by molar-refractivity contribution is -0.137. The maximum atomic E-state index is 13.6. The topological polar surface area (TPSA) is 20.3 Å². The van der Waals surface area contributed by atoms with Gasteiger partial charge in [-0.25, -0.2) is 0 Å². The molecule has 3 aliphatic rings. The monoisotopic (exact) mass is 309 g/mol. The third-order valence-corrected chi connectivity index (χ3v) is 6.36. The van der Waals surface area contributed by atoms with Gasteiger partial charge in [0.2, 0.25) is 5.91 Å². The van der Waals surface area contributed by atoms with Crippen LogP contribution in [-0.4, -0.2) is 16.3 Å². The Labute approximate surface area is 139 Å². The Morgan fingerprint density at radius 2 is 1.83 bits per heavy atom. The van der Waals surface area contributed by atoms with Crippen molar-refractivity contribution in [3.05, 3.63) is 48.2 Å². The third kappa shape index (κ3) is 2.10. The fourth-order valence-corrected chi connectivity index (χ4v) is 5.29. The van der Waals surface area contributed by atoms with E-state index < -0.39 is 5.41 Å². The van der Waals surface area contributed by atoms with Crippen LogP contribution in [0, 0.1) is 17.8 Å². The first-order chi connectivity index (χ1) is 10.9. The van der Waals surface area contributed by atoms with E-state index in [0.29, 0.717) is 11.8 Å². The predicted molar refractivity (Wildman–Crippen MR) is 92.8 cm³/mol. The first-order valence-electron chi connectivity index (χ1n) is 9.01. The number of nitrogens with zero attached hydrogens (tertiary/aromatic N) is 1. The van der Waals surface area contributed by atoms with Crippen molar-refractivity contribution in [1.82, 2.24) is 4.90 Å². The zero-order valence-electron chi connectivity index (χ0n) is 14.5. The van der Waals surface area contributed by atoms with Gasteiger partial charge in [0.1, 0.15) is 0 Å². The van der Waals surface area contributed by atoms with Crippen LogP contribution >= 0.6 is 0 Å². The normalized spacial score (nSPS) is 36.2. The number of carbonyl (C=O) groups is 1. The van der Waals surface area contributed by atoms with Gasteiger partial charge < -0.3 is 4.90 Å². The minimum Gasteiger partial charge on any atom is -0.313 e. The molecule has 4 atom stereocenters. The molecule has 0 radical (unpaired) electrons. The number of carbonyl (C=O) groups excluding carboxylic acids is 1. The van der Waals surface area contributed by atoms with E-state index in [9.17, 15) is 4.79 Å². The van der Waals surface area contributed by atoms with E-state index in [1.807, 2.05) is 11.0 Å². The van der Waals surface area contributed by atoms with E-state index in [-0.39, 0.29) is 11.4 Å². The second kappa shape index (κ2) is 4.96. The van der Waals surface area contributed by atoms with Gasteiger partial charge in [-0.2, -0.15) is 0 Å². The number of hydrogen-bond donors (Lipinski definition) is 0. The molecular formula is C21H27NO. The molecule has 4 rings (SSSR count). The van der Waals surface area contributed by atoms with Gasteiger partial charge in [-0.15, -0.1) is 0 Å². The minimum absolute atomic E-state index is 0.165. The first kappa shape index (κ1) is 15.0. The molecule has 0 spiro atoms. The van der Waals surface area contributed by atoms with Crippen molar-refractivity contribution in [3.63, 3.8) is 0 Å². The molecule has 0 N–H and O–H groups in total. The Bertz CT molecular complexity index is 642. The van der Waals surface area contributed by atoms with Gasteiger partial charge in [0.15, 0.2) is 0 Å². The summed E-state index contributed by atoms with van der Waals surface area (Å²) in [5.74, 6) is 2.32. The average molecular weight is 309 g/mol. The summed E-state index contributed by atoms with van der Waals surface area (Å²) in [6, 6.07) is 10.5. The molecule has 1 amide bonds. The highest BCUT2D eigenvalue weighted by Crippen LogP contribution is 2.57. The highest BCUT2D eigenvalue weighted by Gasteiger charge is 2.57. The second-order valence-corrected chi connectivity index (χ2v) is 8.68. The second-order valence-electron chi connectivity index (χ2n) is 8.68. The summed E-state index contributed by atoms with van der Waals surface area (Å²) in [6.07, 6.45) is 9.50. The Morgan fingerprint density at radius 3 is 2.35 bits per heavy atom. The lowest BCUT2D eigenvalue weighted by Gasteiger charge is -2.41. The molecule has 2 aliphatic carbocycles. The van der Waals surface area contributed by atoms with Crippen molar-refractivity contribution >= 4 is 5.91 Å². The van der Waals surface area contributed by atoms with Crippen LogP contribution in [0.1, 0.15) is 52.0 Å². The van der Waals surface area contributed by atoms with E-state index in [0.717, 1.165) is 5.92 Å². The fraction of sp³-hybridized carbons (Fsp3) is 0.571. The molecule has 2 nitrogen and oxygen atoms in total. The van der Waals surface area contributed by atoms with Crippen LogP contribution in [-0.2, 0) is 10.2 Å². The van der Waals surface area contributed by atoms with Crippen LogP contribution in [0.2, 0.25) is 0 Å². The van der Waals surface area contributed by atoms with Crippen LogP contribution < -0.4 is 0 Å². The van der Waals surface area contributed by atoms with E-state index in [1.165, 1.54) is 31.2 Å². The number of amides is 1. The summed E-state index contributed by atoms with van der Waals surface area (Å²) in [4.78, 5) is 15.6. The van der Waals surface area contributed by atoms with Crippen molar-refractivity contribution in [2.75, 3.05) is 0 Å². The smallest absolute Gasteiger partial charge is 0.241 e. The Hall–Kier alpha value is -1.57. The van der Waals surface area contributed by atoms with Crippen LogP contribution in [0.25, 0.3) is 0 Å². The number of fused-ring (bicyclic) bond motifs is 2. The van der Waals surface area contributed by atoms with Gasteiger partial charge in [0.05, 0.1) is 5.41 Å². The summed E-state index contributed by atoms with van der Waals surface area (Å²) in [7, 11) is 0. The van der Waals surface area contributed by atoms with Gasteiger partial charge in [-0.3, -0.25) is 4.79 Å². The molecule has 2 unspecified atom stereocenters. The van der Waals surface area contributed by atoms with Gasteiger partial charge in [-0.05, 0) is 69.4 Å². The molecular weight excluding hydrogens is 282 g/mol. The van der Waals surface area contributed by atoms with E-state index in [4.69, 9.17) is 0 Å². The summed E-state index contributed by atoms with van der Waals surface area (Å²) in [5.41, 5.74) is 0.585. The van der Waals surface area contributed by atoms with Crippen LogP contribution in [0.3, 0.4) is 0 Å². The Balaban J connectivity index is 1.81. The highest BCUT2D eigenvalue weighted by molar-refractivity contribution is 5.95. The van der Waals surface area contributed by atoms with Gasteiger partial charge in [0, 0.05) is 11.7 Å². The molecule has 1 aromatic rings. The fourth-order valence-electron chi connectivity index (χ4n) is 5.29. The van der Waals surface area contributed by atoms with Crippen molar-refractivity contribution in [3.8, 4) is 0 Å². The molecule has 2 heteroatoms. The van der Waals surface area contributed by atoms with Gasteiger partial charge >= 0.3 is 0 Å². The zero-order chi connectivity index (χ0) is 16.2. The van der Waals surface area contributed by atoms with E-state index in [2.05, 4.69) is 57.3 Å². The molecule has 23 heavy (non-hydrogen) atoms. The van der Waals surface area contributed by atoms with Crippen LogP contribution in [0.15, 0.2) is 42.6 Å². The molecule has 1 aliphatic heterocycles. The predicted octanol–water partition coefficient (Wildman–Crippen LogP) is 4.52. The lowest BCUT2D eigenvalue weighted by atomic mass is 9.64. The maximum absolute atomic E-state index is 13.6. The van der Waals surface area contributed by atoms with Gasteiger partial charge in [-0.1, -0.05) is 36.8 Å². The largest absolute Gasteiger partial charge is 0.313 e. The van der Waals surface area contributed by atoms with Crippen LogP contribution in [0.5, 0.6) is 0 Å². The number of hydrogen-bond acceptors (Lipinski definition) is 1. The highest BCUT2D eigenvalue weighted by atomic mass is 16.2. The molecule has 1 heterocycles. The minimum atomic E-state index is -0.436. The molecule has 0 aromatic heterocycles. The zero-order valence-corrected chi connectivity index (χ0v) is 14.5. The molecule has 2 bridgehead atoms. The van der Waals surface area contributed by atoms with E-state index in [1.54, 1.807) is 0 Å². The number of rotatable bonds is 2. The molecule has 122 valence electrons. The summed E-state index contributed by atoms with van der Waals surface area (Å²) >= 11 is 0. The van der Waals surface area contributed by atoms with Crippen LogP contribution in [0.4, 0.5) is 0 Å².